The van der Waals surface area contributed by atoms with E-state index >= 15 is 0 Å². The van der Waals surface area contributed by atoms with E-state index in [1.165, 1.54) is 0 Å². The van der Waals surface area contributed by atoms with E-state index < -0.39 is 0 Å². The van der Waals surface area contributed by atoms with Crippen LogP contribution in [0.15, 0.2) is 22.7 Å². The lowest BCUT2D eigenvalue weighted by Crippen LogP contribution is -2.18. The lowest BCUT2D eigenvalue weighted by Gasteiger charge is -2.09. The molecule has 0 aliphatic carbocycles. The molecule has 1 aliphatic heterocycles. The molecule has 1 saturated heterocycles. The summed E-state index contributed by atoms with van der Waals surface area (Å²) in [5, 5.41) is 6.78. The van der Waals surface area contributed by atoms with Crippen LogP contribution in [0.25, 0.3) is 0 Å². The highest BCUT2D eigenvalue weighted by Gasteiger charge is 2.18. The second-order valence-electron chi connectivity index (χ2n) is 4.24. The van der Waals surface area contributed by atoms with Crippen molar-refractivity contribution >= 4 is 39.1 Å². The van der Waals surface area contributed by atoms with Crippen molar-refractivity contribution < 1.29 is 4.79 Å². The Morgan fingerprint density at radius 1 is 1.59 bits per heavy atom. The number of anilines is 1. The van der Waals surface area contributed by atoms with E-state index in [2.05, 4.69) is 26.6 Å². The van der Waals surface area contributed by atoms with Crippen molar-refractivity contribution in [3.05, 3.63) is 27.7 Å². The lowest BCUT2D eigenvalue weighted by molar-refractivity contribution is -0.116. The Morgan fingerprint density at radius 3 is 3.06 bits per heavy atom. The molecule has 3 nitrogen and oxygen atoms in total. The van der Waals surface area contributed by atoms with Crippen LogP contribution < -0.4 is 10.6 Å². The van der Waals surface area contributed by atoms with Gasteiger partial charge >= 0.3 is 0 Å². The maximum Gasteiger partial charge on any atom is 0.224 e. The minimum absolute atomic E-state index is 0.0629. The minimum atomic E-state index is 0.0629. The molecule has 1 amide bonds. The van der Waals surface area contributed by atoms with Crippen LogP contribution >= 0.6 is 27.5 Å². The molecular formula is C12H14BrClN2O. The van der Waals surface area contributed by atoms with E-state index in [9.17, 15) is 4.79 Å². The number of nitrogens with one attached hydrogen (secondary N) is 2. The number of hydrogen-bond donors (Lipinski definition) is 2. The van der Waals surface area contributed by atoms with Gasteiger partial charge in [-0.05, 0) is 59.6 Å². The highest BCUT2D eigenvalue weighted by Crippen LogP contribution is 2.25. The molecule has 0 radical (unpaired) electrons. The van der Waals surface area contributed by atoms with Gasteiger partial charge in [-0.3, -0.25) is 4.79 Å². The summed E-state index contributed by atoms with van der Waals surface area (Å²) in [7, 11) is 0. The van der Waals surface area contributed by atoms with Gasteiger partial charge in [-0.1, -0.05) is 11.6 Å². The second kappa shape index (κ2) is 5.85. The van der Waals surface area contributed by atoms with Gasteiger partial charge in [0.25, 0.3) is 0 Å². The van der Waals surface area contributed by atoms with Crippen molar-refractivity contribution in [3.63, 3.8) is 0 Å². The molecular weight excluding hydrogens is 304 g/mol. The molecule has 1 aromatic carbocycles. The predicted molar refractivity (Wildman–Crippen MR) is 73.4 cm³/mol. The average molecular weight is 318 g/mol. The van der Waals surface area contributed by atoms with Gasteiger partial charge in [0.15, 0.2) is 0 Å². The normalized spacial score (nSPS) is 19.3. The molecule has 0 spiro atoms. The van der Waals surface area contributed by atoms with Crippen molar-refractivity contribution in [2.24, 2.45) is 5.92 Å². The fourth-order valence-corrected chi connectivity index (χ4v) is 2.43. The monoisotopic (exact) mass is 316 g/mol. The first-order valence-corrected chi connectivity index (χ1v) is 6.78. The van der Waals surface area contributed by atoms with E-state index in [0.717, 1.165) is 29.7 Å². The largest absolute Gasteiger partial charge is 0.326 e. The summed E-state index contributed by atoms with van der Waals surface area (Å²) in [6, 6.07) is 5.38. The summed E-state index contributed by atoms with van der Waals surface area (Å²) in [6.45, 7) is 1.96. The third-order valence-electron chi connectivity index (χ3n) is 2.84. The molecule has 92 valence electrons. The van der Waals surface area contributed by atoms with Crippen LogP contribution in [-0.2, 0) is 4.79 Å². The molecule has 17 heavy (non-hydrogen) atoms. The summed E-state index contributed by atoms with van der Waals surface area (Å²) in [5.41, 5.74) is 0.775. The maximum atomic E-state index is 11.8. The first kappa shape index (κ1) is 12.9. The molecule has 0 bridgehead atoms. The molecule has 5 heteroatoms. The number of rotatable bonds is 3. The van der Waals surface area contributed by atoms with Gasteiger partial charge in [-0.2, -0.15) is 0 Å². The molecule has 2 N–H and O–H groups in total. The van der Waals surface area contributed by atoms with Gasteiger partial charge in [-0.25, -0.2) is 0 Å². The van der Waals surface area contributed by atoms with Crippen molar-refractivity contribution in [1.82, 2.24) is 5.32 Å². The van der Waals surface area contributed by atoms with Gasteiger partial charge in [0.2, 0.25) is 5.91 Å². The summed E-state index contributed by atoms with van der Waals surface area (Å²) in [6.07, 6.45) is 1.66. The zero-order valence-corrected chi connectivity index (χ0v) is 11.6. The molecule has 1 atom stereocenters. The highest BCUT2D eigenvalue weighted by atomic mass is 79.9. The topological polar surface area (TPSA) is 41.1 Å². The van der Waals surface area contributed by atoms with Crippen LogP contribution in [0.1, 0.15) is 12.8 Å². The minimum Gasteiger partial charge on any atom is -0.326 e. The molecule has 1 heterocycles. The molecule has 2 rings (SSSR count). The van der Waals surface area contributed by atoms with Crippen molar-refractivity contribution in [1.29, 1.82) is 0 Å². The van der Waals surface area contributed by atoms with Crippen LogP contribution in [0.5, 0.6) is 0 Å². The Hall–Kier alpha value is -0.580. The molecule has 1 aromatic rings. The average Bonchev–Trinajstić information content (AvgIpc) is 2.76. The number of hydrogen-bond acceptors (Lipinski definition) is 2. The van der Waals surface area contributed by atoms with Crippen LogP contribution in [0.2, 0.25) is 5.02 Å². The molecule has 0 saturated carbocycles. The van der Waals surface area contributed by atoms with Crippen molar-refractivity contribution in [2.45, 2.75) is 12.8 Å². The molecule has 0 aromatic heterocycles. The molecule has 1 unspecified atom stereocenters. The van der Waals surface area contributed by atoms with Gasteiger partial charge in [0.05, 0.1) is 5.02 Å². The van der Waals surface area contributed by atoms with Gasteiger partial charge in [0, 0.05) is 16.6 Å². The quantitative estimate of drug-likeness (QED) is 0.899. The SMILES string of the molecule is O=C(CC1CCNC1)Nc1ccc(Cl)c(Br)c1. The second-order valence-corrected chi connectivity index (χ2v) is 5.50. The highest BCUT2D eigenvalue weighted by molar-refractivity contribution is 9.10. The predicted octanol–water partition coefficient (Wildman–Crippen LogP) is 3.04. The molecule has 1 aliphatic rings. The van der Waals surface area contributed by atoms with Crippen LogP contribution in [0, 0.1) is 5.92 Å². The first-order chi connectivity index (χ1) is 8.15. The Labute approximate surface area is 114 Å². The summed E-state index contributed by atoms with van der Waals surface area (Å²) in [5.74, 6) is 0.527. The lowest BCUT2D eigenvalue weighted by atomic mass is 10.0. The van der Waals surface area contributed by atoms with Crippen LogP contribution in [-0.4, -0.2) is 19.0 Å². The van der Waals surface area contributed by atoms with E-state index in [-0.39, 0.29) is 5.91 Å². The Morgan fingerprint density at radius 2 is 2.41 bits per heavy atom. The third kappa shape index (κ3) is 3.69. The van der Waals surface area contributed by atoms with Gasteiger partial charge in [0.1, 0.15) is 0 Å². The molecule has 1 fully saturated rings. The zero-order valence-electron chi connectivity index (χ0n) is 9.30. The first-order valence-electron chi connectivity index (χ1n) is 5.61. The smallest absolute Gasteiger partial charge is 0.224 e. The maximum absolute atomic E-state index is 11.8. The summed E-state index contributed by atoms with van der Waals surface area (Å²) in [4.78, 5) is 11.8. The fraction of sp³-hybridized carbons (Fsp3) is 0.417. The number of benzene rings is 1. The number of carbonyl (C=O) groups is 1. The standard InChI is InChI=1S/C12H14BrClN2O/c13-10-6-9(1-2-11(10)14)16-12(17)5-8-3-4-15-7-8/h1-2,6,8,15H,3-5,7H2,(H,16,17). The number of carbonyl (C=O) groups excluding carboxylic acids is 1. The van der Waals surface area contributed by atoms with Crippen LogP contribution in [0.4, 0.5) is 5.69 Å². The summed E-state index contributed by atoms with van der Waals surface area (Å²) >= 11 is 9.22. The van der Waals surface area contributed by atoms with Crippen LogP contribution in [0.3, 0.4) is 0 Å². The third-order valence-corrected chi connectivity index (χ3v) is 4.05. The van der Waals surface area contributed by atoms with E-state index in [1.807, 2.05) is 6.07 Å². The van der Waals surface area contributed by atoms with Crippen molar-refractivity contribution in [2.75, 3.05) is 18.4 Å². The van der Waals surface area contributed by atoms with Crippen molar-refractivity contribution in [3.8, 4) is 0 Å². The zero-order chi connectivity index (χ0) is 12.3. The number of halogens is 2. The number of amides is 1. The van der Waals surface area contributed by atoms with E-state index in [4.69, 9.17) is 11.6 Å². The van der Waals surface area contributed by atoms with E-state index in [1.54, 1.807) is 12.1 Å². The Bertz CT molecular complexity index is 419. The van der Waals surface area contributed by atoms with Gasteiger partial charge in [-0.15, -0.1) is 0 Å². The van der Waals surface area contributed by atoms with Gasteiger partial charge < -0.3 is 10.6 Å². The summed E-state index contributed by atoms with van der Waals surface area (Å²) < 4.78 is 0.791. The Balaban J connectivity index is 1.90. The Kier molecular flexibility index (Phi) is 4.42. The fourth-order valence-electron chi connectivity index (χ4n) is 1.94. The van der Waals surface area contributed by atoms with E-state index in [0.29, 0.717) is 17.4 Å².